The minimum atomic E-state index is -0.784. The molecule has 0 amide bonds. The van der Waals surface area contributed by atoms with Gasteiger partial charge >= 0.3 is 0 Å². The van der Waals surface area contributed by atoms with E-state index >= 15 is 0 Å². The Morgan fingerprint density at radius 3 is 2.06 bits per heavy atom. The molecule has 0 aliphatic heterocycles. The molecule has 92 valence electrons. The summed E-state index contributed by atoms with van der Waals surface area (Å²) in [6, 6.07) is 1.49. The highest BCUT2D eigenvalue weighted by molar-refractivity contribution is 6.74. The first kappa shape index (κ1) is 12.6. The molecule has 0 heterocycles. The van der Waals surface area contributed by atoms with E-state index in [1.165, 1.54) is 44.6 Å². The predicted octanol–water partition coefficient (Wildman–Crippen LogP) is 4.64. The van der Waals surface area contributed by atoms with Crippen molar-refractivity contribution in [1.29, 1.82) is 0 Å². The molecule has 0 radical (unpaired) electrons. The Bertz CT molecular complexity index is 328. The van der Waals surface area contributed by atoms with Crippen LogP contribution in [0.4, 0.5) is 0 Å². The van der Waals surface area contributed by atoms with Crippen LogP contribution in [0.1, 0.15) is 45.4 Å². The summed E-state index contributed by atoms with van der Waals surface area (Å²) in [6.45, 7) is 2.29. The SMILES string of the molecule is CCCCCC[SiH](C1=CC=CC1)C1=CC=CC1. The second-order valence-corrected chi connectivity index (χ2v) is 8.32. The van der Waals surface area contributed by atoms with Crippen LogP contribution >= 0.6 is 0 Å². The summed E-state index contributed by atoms with van der Waals surface area (Å²) >= 11 is 0. The van der Waals surface area contributed by atoms with Crippen molar-refractivity contribution in [2.75, 3.05) is 0 Å². The fraction of sp³-hybridized carbons (Fsp3) is 0.500. The minimum absolute atomic E-state index is 0.784. The zero-order chi connectivity index (χ0) is 11.9. The molecule has 0 nitrogen and oxygen atoms in total. The van der Waals surface area contributed by atoms with Gasteiger partial charge in [-0.3, -0.25) is 0 Å². The highest BCUT2D eigenvalue weighted by Gasteiger charge is 2.21. The average molecular weight is 244 g/mol. The molecule has 17 heavy (non-hydrogen) atoms. The van der Waals surface area contributed by atoms with Gasteiger partial charge in [0.2, 0.25) is 0 Å². The molecule has 1 heteroatoms. The summed E-state index contributed by atoms with van der Waals surface area (Å²) in [5.41, 5.74) is 0. The lowest BCUT2D eigenvalue weighted by Gasteiger charge is -2.18. The van der Waals surface area contributed by atoms with Crippen molar-refractivity contribution in [2.24, 2.45) is 0 Å². The highest BCUT2D eigenvalue weighted by atomic mass is 28.3. The quantitative estimate of drug-likeness (QED) is 0.452. The van der Waals surface area contributed by atoms with Gasteiger partial charge in [-0.1, -0.05) is 85.5 Å². The summed E-state index contributed by atoms with van der Waals surface area (Å²) in [4.78, 5) is 0. The Balaban J connectivity index is 1.88. The molecule has 0 bridgehead atoms. The van der Waals surface area contributed by atoms with Gasteiger partial charge in [0.25, 0.3) is 0 Å². The van der Waals surface area contributed by atoms with Crippen LogP contribution in [-0.4, -0.2) is 8.80 Å². The lowest BCUT2D eigenvalue weighted by atomic mass is 10.2. The third kappa shape index (κ3) is 3.57. The van der Waals surface area contributed by atoms with Gasteiger partial charge in [-0.15, -0.1) is 0 Å². The molecule has 0 spiro atoms. The van der Waals surface area contributed by atoms with Crippen LogP contribution < -0.4 is 0 Å². The minimum Gasteiger partial charge on any atom is -0.0809 e. The maximum atomic E-state index is 2.40. The topological polar surface area (TPSA) is 0 Å². The standard InChI is InChI=1S/C16H24Si/c1-2-3-4-9-14-17(15-10-5-6-11-15)16-12-7-8-13-16/h5-8,10,12,17H,2-4,9,11,13-14H2,1H3. The molecule has 0 saturated carbocycles. The maximum Gasteiger partial charge on any atom is 0.0933 e. The number of allylic oxidation sites excluding steroid dienone is 8. The zero-order valence-electron chi connectivity index (χ0n) is 11.0. The summed E-state index contributed by atoms with van der Waals surface area (Å²) < 4.78 is 0. The van der Waals surface area contributed by atoms with Crippen molar-refractivity contribution in [3.05, 3.63) is 46.8 Å². The summed E-state index contributed by atoms with van der Waals surface area (Å²) in [7, 11) is -0.784. The van der Waals surface area contributed by atoms with E-state index in [0.717, 1.165) is 0 Å². The van der Waals surface area contributed by atoms with Crippen LogP contribution in [0.3, 0.4) is 0 Å². The van der Waals surface area contributed by atoms with E-state index in [1.807, 2.05) is 0 Å². The van der Waals surface area contributed by atoms with Crippen LogP contribution in [0.5, 0.6) is 0 Å². The molecule has 2 rings (SSSR count). The lowest BCUT2D eigenvalue weighted by Crippen LogP contribution is -2.18. The normalized spacial score (nSPS) is 18.0. The largest absolute Gasteiger partial charge is 0.0933 e. The van der Waals surface area contributed by atoms with Crippen LogP contribution in [0.2, 0.25) is 6.04 Å². The molecule has 0 aromatic carbocycles. The van der Waals surface area contributed by atoms with Crippen LogP contribution in [0, 0.1) is 0 Å². The molecule has 0 saturated heterocycles. The van der Waals surface area contributed by atoms with E-state index in [-0.39, 0.29) is 0 Å². The fourth-order valence-corrected chi connectivity index (χ4v) is 6.27. The maximum absolute atomic E-state index is 2.40. The molecule has 0 N–H and O–H groups in total. The Kier molecular flexibility index (Phi) is 5.05. The second kappa shape index (κ2) is 6.80. The molecule has 0 fully saturated rings. The van der Waals surface area contributed by atoms with Crippen LogP contribution in [0.15, 0.2) is 46.8 Å². The molecular weight excluding hydrogens is 220 g/mol. The highest BCUT2D eigenvalue weighted by Crippen LogP contribution is 2.28. The van der Waals surface area contributed by atoms with E-state index in [4.69, 9.17) is 0 Å². The van der Waals surface area contributed by atoms with Gasteiger partial charge in [-0.25, -0.2) is 0 Å². The van der Waals surface area contributed by atoms with E-state index in [0.29, 0.717) is 0 Å². The smallest absolute Gasteiger partial charge is 0.0809 e. The second-order valence-electron chi connectivity index (χ2n) is 5.15. The van der Waals surface area contributed by atoms with E-state index in [2.05, 4.69) is 43.4 Å². The third-order valence-electron chi connectivity index (χ3n) is 3.84. The first-order chi connectivity index (χ1) is 8.42. The van der Waals surface area contributed by atoms with Gasteiger partial charge in [0.05, 0.1) is 8.80 Å². The first-order valence-corrected chi connectivity index (χ1v) is 9.10. The summed E-state index contributed by atoms with van der Waals surface area (Å²) in [5.74, 6) is 0. The van der Waals surface area contributed by atoms with Crippen LogP contribution in [0.25, 0.3) is 0 Å². The summed E-state index contributed by atoms with van der Waals surface area (Å²) in [5, 5.41) is 3.55. The lowest BCUT2D eigenvalue weighted by molar-refractivity contribution is 0.699. The summed E-state index contributed by atoms with van der Waals surface area (Å²) in [6.07, 6.45) is 22.1. The number of hydrogen-bond donors (Lipinski definition) is 0. The number of hydrogen-bond acceptors (Lipinski definition) is 0. The monoisotopic (exact) mass is 244 g/mol. The predicted molar refractivity (Wildman–Crippen MR) is 79.8 cm³/mol. The van der Waals surface area contributed by atoms with Gasteiger partial charge in [-0.2, -0.15) is 0 Å². The van der Waals surface area contributed by atoms with Gasteiger partial charge in [-0.05, 0) is 12.8 Å². The molecule has 0 aromatic rings. The fourth-order valence-electron chi connectivity index (χ4n) is 2.83. The van der Waals surface area contributed by atoms with E-state index in [1.54, 1.807) is 10.4 Å². The van der Waals surface area contributed by atoms with Crippen molar-refractivity contribution in [1.82, 2.24) is 0 Å². The molecular formula is C16H24Si. The van der Waals surface area contributed by atoms with Crippen molar-refractivity contribution < 1.29 is 0 Å². The average Bonchev–Trinajstić information content (AvgIpc) is 3.02. The van der Waals surface area contributed by atoms with E-state index in [9.17, 15) is 0 Å². The Morgan fingerprint density at radius 2 is 1.59 bits per heavy atom. The third-order valence-corrected chi connectivity index (χ3v) is 7.47. The molecule has 0 aromatic heterocycles. The van der Waals surface area contributed by atoms with Gasteiger partial charge in [0, 0.05) is 0 Å². The van der Waals surface area contributed by atoms with Crippen molar-refractivity contribution >= 4 is 8.80 Å². The molecule has 0 atom stereocenters. The Morgan fingerprint density at radius 1 is 0.941 bits per heavy atom. The molecule has 2 aliphatic carbocycles. The Hall–Kier alpha value is -0.823. The van der Waals surface area contributed by atoms with Crippen molar-refractivity contribution in [3.8, 4) is 0 Å². The van der Waals surface area contributed by atoms with Crippen LogP contribution in [-0.2, 0) is 0 Å². The van der Waals surface area contributed by atoms with Crippen molar-refractivity contribution in [3.63, 3.8) is 0 Å². The van der Waals surface area contributed by atoms with Gasteiger partial charge < -0.3 is 0 Å². The first-order valence-electron chi connectivity index (χ1n) is 7.13. The van der Waals surface area contributed by atoms with Gasteiger partial charge in [0.15, 0.2) is 0 Å². The van der Waals surface area contributed by atoms with Crippen molar-refractivity contribution in [2.45, 2.75) is 51.5 Å². The molecule has 2 aliphatic rings. The Labute approximate surface area is 107 Å². The number of unbranched alkanes of at least 4 members (excludes halogenated alkanes) is 3. The zero-order valence-corrected chi connectivity index (χ0v) is 12.1. The van der Waals surface area contributed by atoms with Gasteiger partial charge in [0.1, 0.15) is 0 Å². The molecule has 0 unspecified atom stereocenters. The van der Waals surface area contributed by atoms with E-state index < -0.39 is 8.80 Å². The number of rotatable bonds is 7.